The fourth-order valence-electron chi connectivity index (χ4n) is 1.84. The van der Waals surface area contributed by atoms with Crippen LogP contribution < -0.4 is 0 Å². The number of rotatable bonds is 3. The standard InChI is InChI=1S/C12H9N3O2S/c16-7-8-3-4-10-13-11(9-2-1-5-18-9)12(14-17)15(10)6-8/h1-6,16H,7H2. The van der Waals surface area contributed by atoms with Crippen molar-refractivity contribution in [1.82, 2.24) is 9.38 Å². The van der Waals surface area contributed by atoms with E-state index in [1.54, 1.807) is 22.7 Å². The van der Waals surface area contributed by atoms with E-state index in [1.807, 2.05) is 17.5 Å². The molecule has 18 heavy (non-hydrogen) atoms. The van der Waals surface area contributed by atoms with Crippen LogP contribution in [0.2, 0.25) is 0 Å². The second-order valence-electron chi connectivity index (χ2n) is 3.78. The molecule has 0 fully saturated rings. The molecule has 0 bridgehead atoms. The monoisotopic (exact) mass is 259 g/mol. The number of aromatic nitrogens is 2. The van der Waals surface area contributed by atoms with E-state index >= 15 is 0 Å². The highest BCUT2D eigenvalue weighted by Gasteiger charge is 2.15. The SMILES string of the molecule is O=Nc1c(-c2cccs2)nc2ccc(CO)cn12. The molecule has 0 aliphatic heterocycles. The van der Waals surface area contributed by atoms with Gasteiger partial charge >= 0.3 is 0 Å². The third-order valence-electron chi connectivity index (χ3n) is 2.68. The molecule has 3 aromatic heterocycles. The third-order valence-corrected chi connectivity index (χ3v) is 3.55. The Balaban J connectivity index is 2.30. The molecule has 0 aromatic carbocycles. The minimum absolute atomic E-state index is 0.0826. The molecule has 6 heteroatoms. The van der Waals surface area contributed by atoms with Crippen molar-refractivity contribution in [1.29, 1.82) is 0 Å². The molecule has 0 atom stereocenters. The molecule has 0 amide bonds. The molecule has 0 saturated carbocycles. The second kappa shape index (κ2) is 4.32. The van der Waals surface area contributed by atoms with Crippen molar-refractivity contribution < 1.29 is 5.11 Å². The van der Waals surface area contributed by atoms with Crippen LogP contribution in [0.25, 0.3) is 16.2 Å². The molecular formula is C12H9N3O2S. The molecule has 0 radical (unpaired) electrons. The Morgan fingerprint density at radius 3 is 2.94 bits per heavy atom. The van der Waals surface area contributed by atoms with Crippen LogP contribution >= 0.6 is 11.3 Å². The Kier molecular flexibility index (Phi) is 2.66. The van der Waals surface area contributed by atoms with Crippen molar-refractivity contribution in [3.8, 4) is 10.6 Å². The van der Waals surface area contributed by atoms with Gasteiger partial charge in [-0.3, -0.25) is 4.40 Å². The van der Waals surface area contributed by atoms with Crippen LogP contribution in [-0.4, -0.2) is 14.5 Å². The highest BCUT2D eigenvalue weighted by atomic mass is 32.1. The van der Waals surface area contributed by atoms with Crippen LogP contribution in [-0.2, 0) is 6.61 Å². The summed E-state index contributed by atoms with van der Waals surface area (Å²) in [6, 6.07) is 7.33. The zero-order valence-corrected chi connectivity index (χ0v) is 10.1. The largest absolute Gasteiger partial charge is 0.392 e. The first-order valence-electron chi connectivity index (χ1n) is 5.32. The van der Waals surface area contributed by atoms with Gasteiger partial charge in [0, 0.05) is 6.20 Å². The van der Waals surface area contributed by atoms with E-state index in [2.05, 4.69) is 10.2 Å². The van der Waals surface area contributed by atoms with E-state index < -0.39 is 0 Å². The molecule has 3 heterocycles. The van der Waals surface area contributed by atoms with Crippen LogP contribution in [0, 0.1) is 4.91 Å². The van der Waals surface area contributed by atoms with E-state index in [-0.39, 0.29) is 12.4 Å². The number of thiophene rings is 1. The first-order valence-corrected chi connectivity index (χ1v) is 6.20. The number of hydrogen-bond acceptors (Lipinski definition) is 5. The number of pyridine rings is 1. The van der Waals surface area contributed by atoms with Gasteiger partial charge in [-0.05, 0) is 28.3 Å². The lowest BCUT2D eigenvalue weighted by atomic mass is 10.3. The van der Waals surface area contributed by atoms with Crippen LogP contribution in [0.3, 0.4) is 0 Å². The van der Waals surface area contributed by atoms with Gasteiger partial charge in [-0.2, -0.15) is 0 Å². The molecule has 1 N–H and O–H groups in total. The first-order chi connectivity index (χ1) is 8.83. The highest BCUT2D eigenvalue weighted by molar-refractivity contribution is 7.13. The van der Waals surface area contributed by atoms with Crippen molar-refractivity contribution in [3.63, 3.8) is 0 Å². The Morgan fingerprint density at radius 2 is 2.28 bits per heavy atom. The van der Waals surface area contributed by atoms with Gasteiger partial charge in [0.05, 0.1) is 11.5 Å². The average molecular weight is 259 g/mol. The summed E-state index contributed by atoms with van der Waals surface area (Å²) in [4.78, 5) is 16.3. The first kappa shape index (κ1) is 11.1. The van der Waals surface area contributed by atoms with Gasteiger partial charge < -0.3 is 5.11 Å². The van der Waals surface area contributed by atoms with E-state index in [1.165, 1.54) is 11.3 Å². The molecule has 5 nitrogen and oxygen atoms in total. The summed E-state index contributed by atoms with van der Waals surface area (Å²) in [5.74, 6) is 0.266. The minimum Gasteiger partial charge on any atom is -0.392 e. The molecule has 0 aliphatic carbocycles. The van der Waals surface area contributed by atoms with Gasteiger partial charge in [-0.1, -0.05) is 12.1 Å². The zero-order chi connectivity index (χ0) is 12.5. The number of fused-ring (bicyclic) bond motifs is 1. The van der Waals surface area contributed by atoms with Gasteiger partial charge in [0.15, 0.2) is 0 Å². The number of aliphatic hydroxyl groups excluding tert-OH is 1. The number of nitroso groups, excluding NO2 is 1. The van der Waals surface area contributed by atoms with Gasteiger partial charge in [-0.15, -0.1) is 16.2 Å². The normalized spacial score (nSPS) is 10.9. The van der Waals surface area contributed by atoms with Crippen LogP contribution in [0.4, 0.5) is 5.82 Å². The summed E-state index contributed by atoms with van der Waals surface area (Å²) in [6.07, 6.45) is 1.68. The number of aliphatic hydroxyl groups is 1. The molecule has 0 aliphatic rings. The summed E-state index contributed by atoms with van der Waals surface area (Å²) < 4.78 is 1.60. The van der Waals surface area contributed by atoms with E-state index in [0.29, 0.717) is 16.9 Å². The van der Waals surface area contributed by atoms with E-state index in [9.17, 15) is 4.91 Å². The summed E-state index contributed by atoms with van der Waals surface area (Å²) in [5, 5.41) is 14.1. The van der Waals surface area contributed by atoms with Crippen molar-refractivity contribution in [3.05, 3.63) is 46.3 Å². The molecule has 0 saturated heterocycles. The number of imidazole rings is 1. The Hall–Kier alpha value is -2.05. The van der Waals surface area contributed by atoms with Crippen LogP contribution in [0.1, 0.15) is 5.56 Å². The predicted octanol–water partition coefficient (Wildman–Crippen LogP) is 2.95. The lowest BCUT2D eigenvalue weighted by Crippen LogP contribution is -1.89. The quantitative estimate of drug-likeness (QED) is 0.735. The Labute approximate surface area is 106 Å². The second-order valence-corrected chi connectivity index (χ2v) is 4.72. The summed E-state index contributed by atoms with van der Waals surface area (Å²) >= 11 is 1.51. The predicted molar refractivity (Wildman–Crippen MR) is 69.9 cm³/mol. The Morgan fingerprint density at radius 1 is 1.39 bits per heavy atom. The maximum absolute atomic E-state index is 11.0. The molecule has 0 spiro atoms. The highest BCUT2D eigenvalue weighted by Crippen LogP contribution is 2.33. The molecule has 90 valence electrons. The van der Waals surface area contributed by atoms with Crippen LogP contribution in [0.5, 0.6) is 0 Å². The zero-order valence-electron chi connectivity index (χ0n) is 9.28. The van der Waals surface area contributed by atoms with E-state index in [4.69, 9.17) is 5.11 Å². The maximum Gasteiger partial charge on any atom is 0.210 e. The van der Waals surface area contributed by atoms with Gasteiger partial charge in [0.1, 0.15) is 11.3 Å². The summed E-state index contributed by atoms with van der Waals surface area (Å²) in [5.41, 5.74) is 1.93. The maximum atomic E-state index is 11.0. The van der Waals surface area contributed by atoms with Crippen molar-refractivity contribution >= 4 is 22.8 Å². The van der Waals surface area contributed by atoms with Crippen LogP contribution in [0.15, 0.2) is 41.0 Å². The summed E-state index contributed by atoms with van der Waals surface area (Å²) in [6.45, 7) is -0.0826. The van der Waals surface area contributed by atoms with Gasteiger partial charge in [0.2, 0.25) is 5.82 Å². The lowest BCUT2D eigenvalue weighted by molar-refractivity contribution is 0.281. The van der Waals surface area contributed by atoms with E-state index in [0.717, 1.165) is 4.88 Å². The third kappa shape index (κ3) is 1.62. The van der Waals surface area contributed by atoms with Gasteiger partial charge in [0.25, 0.3) is 0 Å². The smallest absolute Gasteiger partial charge is 0.210 e. The lowest BCUT2D eigenvalue weighted by Gasteiger charge is -1.98. The van der Waals surface area contributed by atoms with Crippen molar-refractivity contribution in [2.75, 3.05) is 0 Å². The average Bonchev–Trinajstić information content (AvgIpc) is 3.04. The fourth-order valence-corrected chi connectivity index (χ4v) is 2.55. The topological polar surface area (TPSA) is 67.0 Å². The molecule has 3 rings (SSSR count). The fraction of sp³-hybridized carbons (Fsp3) is 0.0833. The molecule has 3 aromatic rings. The molecule has 0 unspecified atom stereocenters. The Bertz CT molecular complexity index is 704. The minimum atomic E-state index is -0.0826. The van der Waals surface area contributed by atoms with Crippen molar-refractivity contribution in [2.24, 2.45) is 5.18 Å². The number of nitrogens with zero attached hydrogens (tertiary/aromatic N) is 3. The molecular weight excluding hydrogens is 250 g/mol. The van der Waals surface area contributed by atoms with Crippen molar-refractivity contribution in [2.45, 2.75) is 6.61 Å². The summed E-state index contributed by atoms with van der Waals surface area (Å²) in [7, 11) is 0. The van der Waals surface area contributed by atoms with Gasteiger partial charge in [-0.25, -0.2) is 4.98 Å². The number of hydrogen-bond donors (Lipinski definition) is 1.